The average molecular weight is 240 g/mol. The van der Waals surface area contributed by atoms with Crippen molar-refractivity contribution in [2.24, 2.45) is 0 Å². The molecule has 1 heterocycles. The molecule has 0 saturated carbocycles. The smallest absolute Gasteiger partial charge is 0.377 e. The third-order valence-electron chi connectivity index (χ3n) is 2.50. The van der Waals surface area contributed by atoms with E-state index in [1.807, 2.05) is 0 Å². The Hall–Kier alpha value is -0.330. The molecule has 1 aliphatic rings. The Balaban J connectivity index is 1.87. The molecule has 1 rings (SSSR count). The summed E-state index contributed by atoms with van der Waals surface area (Å²) in [5, 5.41) is 5.94. The molecule has 0 aliphatic carbocycles. The van der Waals surface area contributed by atoms with Crippen molar-refractivity contribution >= 4 is 0 Å². The number of ether oxygens (including phenoxy) is 1. The van der Waals surface area contributed by atoms with Crippen LogP contribution in [0.1, 0.15) is 19.3 Å². The molecule has 1 saturated heterocycles. The van der Waals surface area contributed by atoms with Crippen molar-refractivity contribution in [2.75, 3.05) is 32.8 Å². The molecule has 0 unspecified atom stereocenters. The van der Waals surface area contributed by atoms with Gasteiger partial charge in [0.2, 0.25) is 0 Å². The van der Waals surface area contributed by atoms with Crippen molar-refractivity contribution in [3.63, 3.8) is 0 Å². The summed E-state index contributed by atoms with van der Waals surface area (Å²) in [6, 6.07) is 0. The SMILES string of the molecule is FC(F)(F)CCNCCOC1CCNCC1. The first-order valence-electron chi connectivity index (χ1n) is 5.68. The topological polar surface area (TPSA) is 33.3 Å². The van der Waals surface area contributed by atoms with Gasteiger partial charge >= 0.3 is 6.18 Å². The van der Waals surface area contributed by atoms with Crippen LogP contribution in [-0.4, -0.2) is 45.1 Å². The largest absolute Gasteiger partial charge is 0.390 e. The molecule has 0 radical (unpaired) electrons. The van der Waals surface area contributed by atoms with Gasteiger partial charge in [-0.25, -0.2) is 0 Å². The van der Waals surface area contributed by atoms with Crippen LogP contribution >= 0.6 is 0 Å². The maximum Gasteiger partial charge on any atom is 0.390 e. The third kappa shape index (κ3) is 7.03. The second kappa shape index (κ2) is 7.09. The number of hydrogen-bond acceptors (Lipinski definition) is 3. The minimum atomic E-state index is -4.07. The Morgan fingerprint density at radius 3 is 2.50 bits per heavy atom. The van der Waals surface area contributed by atoms with Crippen LogP contribution in [-0.2, 0) is 4.74 Å². The number of hydrogen-bond donors (Lipinski definition) is 2. The lowest BCUT2D eigenvalue weighted by Crippen LogP contribution is -2.34. The molecule has 1 fully saturated rings. The summed E-state index contributed by atoms with van der Waals surface area (Å²) >= 11 is 0. The molecule has 6 heteroatoms. The highest BCUT2D eigenvalue weighted by molar-refractivity contribution is 4.68. The van der Waals surface area contributed by atoms with Gasteiger partial charge in [0.1, 0.15) is 0 Å². The lowest BCUT2D eigenvalue weighted by molar-refractivity contribution is -0.133. The molecule has 1 aliphatic heterocycles. The standard InChI is InChI=1S/C10H19F3N2O/c11-10(12,13)3-6-15-7-8-16-9-1-4-14-5-2-9/h9,14-15H,1-8H2. The third-order valence-corrected chi connectivity index (χ3v) is 2.50. The van der Waals surface area contributed by atoms with Gasteiger partial charge in [-0.05, 0) is 25.9 Å². The van der Waals surface area contributed by atoms with E-state index in [2.05, 4.69) is 10.6 Å². The van der Waals surface area contributed by atoms with Gasteiger partial charge in [0.05, 0.1) is 19.1 Å². The first-order valence-corrected chi connectivity index (χ1v) is 5.68. The number of nitrogens with one attached hydrogen (secondary N) is 2. The highest BCUT2D eigenvalue weighted by atomic mass is 19.4. The maximum absolute atomic E-state index is 11.8. The summed E-state index contributed by atoms with van der Waals surface area (Å²) in [6.45, 7) is 2.87. The summed E-state index contributed by atoms with van der Waals surface area (Å²) in [7, 11) is 0. The lowest BCUT2D eigenvalue weighted by Gasteiger charge is -2.23. The Labute approximate surface area is 93.7 Å². The zero-order valence-electron chi connectivity index (χ0n) is 9.28. The molecule has 2 N–H and O–H groups in total. The monoisotopic (exact) mass is 240 g/mol. The van der Waals surface area contributed by atoms with E-state index in [1.165, 1.54) is 0 Å². The van der Waals surface area contributed by atoms with Crippen molar-refractivity contribution in [1.29, 1.82) is 0 Å². The number of piperidine rings is 1. The number of rotatable bonds is 6. The molecule has 0 bridgehead atoms. The van der Waals surface area contributed by atoms with Crippen LogP contribution in [0.25, 0.3) is 0 Å². The lowest BCUT2D eigenvalue weighted by atomic mass is 10.1. The molecule has 0 spiro atoms. The zero-order chi connectivity index (χ0) is 11.9. The van der Waals surface area contributed by atoms with Gasteiger partial charge in [0.25, 0.3) is 0 Å². The van der Waals surface area contributed by atoms with Crippen molar-refractivity contribution in [1.82, 2.24) is 10.6 Å². The van der Waals surface area contributed by atoms with E-state index in [4.69, 9.17) is 4.74 Å². The number of alkyl halides is 3. The second-order valence-electron chi connectivity index (χ2n) is 3.94. The van der Waals surface area contributed by atoms with Crippen LogP contribution in [0.5, 0.6) is 0 Å². The van der Waals surface area contributed by atoms with E-state index < -0.39 is 12.6 Å². The van der Waals surface area contributed by atoms with Gasteiger partial charge in [0.15, 0.2) is 0 Å². The highest BCUT2D eigenvalue weighted by Gasteiger charge is 2.25. The minimum Gasteiger partial charge on any atom is -0.377 e. The molecule has 0 aromatic carbocycles. The molecule has 0 aromatic heterocycles. The molecule has 96 valence electrons. The second-order valence-corrected chi connectivity index (χ2v) is 3.94. The van der Waals surface area contributed by atoms with E-state index in [0.717, 1.165) is 25.9 Å². The quantitative estimate of drug-likeness (QED) is 0.686. The van der Waals surface area contributed by atoms with Gasteiger partial charge in [-0.1, -0.05) is 0 Å². The van der Waals surface area contributed by atoms with E-state index in [-0.39, 0.29) is 12.6 Å². The molecule has 0 atom stereocenters. The van der Waals surface area contributed by atoms with Crippen molar-refractivity contribution in [3.05, 3.63) is 0 Å². The first-order chi connectivity index (χ1) is 7.58. The molecule has 0 amide bonds. The summed E-state index contributed by atoms with van der Waals surface area (Å²) < 4.78 is 40.9. The van der Waals surface area contributed by atoms with Gasteiger partial charge in [-0.15, -0.1) is 0 Å². The van der Waals surface area contributed by atoms with Crippen LogP contribution in [0.4, 0.5) is 13.2 Å². The Morgan fingerprint density at radius 1 is 1.19 bits per heavy atom. The fourth-order valence-corrected chi connectivity index (χ4v) is 1.61. The Bertz CT molecular complexity index is 181. The predicted octanol–water partition coefficient (Wildman–Crippen LogP) is 1.30. The molecule has 3 nitrogen and oxygen atoms in total. The van der Waals surface area contributed by atoms with Crippen LogP contribution in [0.2, 0.25) is 0 Å². The Kier molecular flexibility index (Phi) is 6.08. The summed E-state index contributed by atoms with van der Waals surface area (Å²) in [4.78, 5) is 0. The fourth-order valence-electron chi connectivity index (χ4n) is 1.61. The van der Waals surface area contributed by atoms with Crippen molar-refractivity contribution < 1.29 is 17.9 Å². The zero-order valence-corrected chi connectivity index (χ0v) is 9.28. The van der Waals surface area contributed by atoms with Gasteiger partial charge in [0, 0.05) is 13.1 Å². The van der Waals surface area contributed by atoms with E-state index in [9.17, 15) is 13.2 Å². The number of halogens is 3. The van der Waals surface area contributed by atoms with Crippen LogP contribution in [0.15, 0.2) is 0 Å². The van der Waals surface area contributed by atoms with E-state index in [1.54, 1.807) is 0 Å². The minimum absolute atomic E-state index is 0.0287. The Morgan fingerprint density at radius 2 is 1.88 bits per heavy atom. The first kappa shape index (κ1) is 13.7. The van der Waals surface area contributed by atoms with E-state index in [0.29, 0.717) is 13.2 Å². The normalized spacial score (nSPS) is 18.9. The van der Waals surface area contributed by atoms with Crippen LogP contribution < -0.4 is 10.6 Å². The predicted molar refractivity (Wildman–Crippen MR) is 55.4 cm³/mol. The van der Waals surface area contributed by atoms with Crippen LogP contribution in [0.3, 0.4) is 0 Å². The summed E-state index contributed by atoms with van der Waals surface area (Å²) in [5.74, 6) is 0. The highest BCUT2D eigenvalue weighted by Crippen LogP contribution is 2.17. The van der Waals surface area contributed by atoms with Crippen LogP contribution in [0, 0.1) is 0 Å². The van der Waals surface area contributed by atoms with Gasteiger partial charge < -0.3 is 15.4 Å². The van der Waals surface area contributed by atoms with Crippen molar-refractivity contribution in [2.45, 2.75) is 31.5 Å². The average Bonchev–Trinajstić information content (AvgIpc) is 2.23. The van der Waals surface area contributed by atoms with Crippen molar-refractivity contribution in [3.8, 4) is 0 Å². The van der Waals surface area contributed by atoms with Gasteiger partial charge in [-0.3, -0.25) is 0 Å². The summed E-state index contributed by atoms with van der Waals surface area (Å²) in [5.41, 5.74) is 0. The summed E-state index contributed by atoms with van der Waals surface area (Å²) in [6.07, 6.45) is -2.60. The molecular formula is C10H19F3N2O. The molecule has 0 aromatic rings. The molecule has 16 heavy (non-hydrogen) atoms. The fraction of sp³-hybridized carbons (Fsp3) is 1.00. The molecular weight excluding hydrogens is 221 g/mol. The maximum atomic E-state index is 11.8. The van der Waals surface area contributed by atoms with E-state index >= 15 is 0 Å². The van der Waals surface area contributed by atoms with Gasteiger partial charge in [-0.2, -0.15) is 13.2 Å².